The van der Waals surface area contributed by atoms with Crippen molar-refractivity contribution in [3.05, 3.63) is 29.3 Å². The Morgan fingerprint density at radius 2 is 2.21 bits per heavy atom. The lowest BCUT2D eigenvalue weighted by atomic mass is 10.3. The lowest BCUT2D eigenvalue weighted by Gasteiger charge is -1.96. The van der Waals surface area contributed by atoms with Crippen LogP contribution >= 0.6 is 11.3 Å². The molecule has 0 spiro atoms. The minimum absolute atomic E-state index is 0.646. The second-order valence-electron chi connectivity index (χ2n) is 3.13. The van der Waals surface area contributed by atoms with Crippen LogP contribution in [0.2, 0.25) is 0 Å². The van der Waals surface area contributed by atoms with Crippen molar-refractivity contribution < 1.29 is 4.74 Å². The predicted molar refractivity (Wildman–Crippen MR) is 59.6 cm³/mol. The molecule has 2 rings (SSSR count). The smallest absolute Gasteiger partial charge is 0.120 e. The molecule has 0 N–H and O–H groups in total. The van der Waals surface area contributed by atoms with Gasteiger partial charge in [0.2, 0.25) is 0 Å². The molecule has 0 saturated carbocycles. The summed E-state index contributed by atoms with van der Waals surface area (Å²) < 4.78 is 6.68. The minimum atomic E-state index is 0.646. The van der Waals surface area contributed by atoms with E-state index < -0.39 is 0 Å². The number of rotatable bonds is 4. The van der Waals surface area contributed by atoms with Gasteiger partial charge in [0.15, 0.2) is 0 Å². The first-order valence-electron chi connectivity index (χ1n) is 4.82. The van der Waals surface area contributed by atoms with Crippen molar-refractivity contribution in [2.75, 3.05) is 6.61 Å². The molecule has 1 aromatic heterocycles. The monoisotopic (exact) mass is 207 g/mol. The highest BCUT2D eigenvalue weighted by molar-refractivity contribution is 7.18. The molecule has 0 bridgehead atoms. The van der Waals surface area contributed by atoms with Crippen LogP contribution in [0.15, 0.2) is 24.3 Å². The van der Waals surface area contributed by atoms with Gasteiger partial charge in [-0.1, -0.05) is 19.1 Å². The van der Waals surface area contributed by atoms with Gasteiger partial charge in [0.1, 0.15) is 5.01 Å². The molecule has 14 heavy (non-hydrogen) atoms. The maximum absolute atomic E-state index is 5.45. The molecular weight excluding hydrogens is 194 g/mol. The van der Waals surface area contributed by atoms with E-state index >= 15 is 0 Å². The Kier molecular flexibility index (Phi) is 3.11. The number of nitrogens with zero attached hydrogens (tertiary/aromatic N) is 1. The molecule has 0 fully saturated rings. The van der Waals surface area contributed by atoms with Gasteiger partial charge in [-0.05, 0) is 18.6 Å². The second kappa shape index (κ2) is 4.53. The number of ether oxygens (including phenoxy) is 1. The maximum atomic E-state index is 5.45. The molecule has 0 saturated heterocycles. The molecule has 3 heteroatoms. The topological polar surface area (TPSA) is 22.1 Å². The summed E-state index contributed by atoms with van der Waals surface area (Å²) in [5, 5.41) is 1.07. The summed E-state index contributed by atoms with van der Waals surface area (Å²) in [5.74, 6) is 0. The van der Waals surface area contributed by atoms with E-state index in [0.717, 1.165) is 23.6 Å². The van der Waals surface area contributed by atoms with Crippen molar-refractivity contribution in [2.24, 2.45) is 0 Å². The number of hydrogen-bond acceptors (Lipinski definition) is 3. The fourth-order valence-corrected chi connectivity index (χ4v) is 2.19. The molecule has 0 radical (unpaired) electrons. The average molecular weight is 207 g/mol. The van der Waals surface area contributed by atoms with Crippen LogP contribution in [-0.4, -0.2) is 11.6 Å². The van der Waals surface area contributed by atoms with Crippen molar-refractivity contribution in [1.82, 2.24) is 4.98 Å². The van der Waals surface area contributed by atoms with E-state index in [1.807, 2.05) is 18.2 Å². The Morgan fingerprint density at radius 1 is 1.36 bits per heavy atom. The Hall–Kier alpha value is -0.930. The number of para-hydroxylation sites is 1. The maximum Gasteiger partial charge on any atom is 0.120 e. The van der Waals surface area contributed by atoms with Gasteiger partial charge in [0, 0.05) is 6.61 Å². The van der Waals surface area contributed by atoms with Crippen LogP contribution in [0.1, 0.15) is 18.4 Å². The number of thiazole rings is 1. The first-order chi connectivity index (χ1) is 6.90. The molecule has 0 atom stereocenters. The molecule has 0 aliphatic carbocycles. The third-order valence-corrected chi connectivity index (χ3v) is 2.92. The second-order valence-corrected chi connectivity index (χ2v) is 4.24. The molecule has 0 unspecified atom stereocenters. The third kappa shape index (κ3) is 2.11. The molecule has 2 aromatic rings. The van der Waals surface area contributed by atoms with E-state index in [4.69, 9.17) is 4.74 Å². The molecule has 0 amide bonds. The molecule has 2 nitrogen and oxygen atoms in total. The largest absolute Gasteiger partial charge is 0.374 e. The number of hydrogen-bond donors (Lipinski definition) is 0. The molecule has 0 aliphatic rings. The van der Waals surface area contributed by atoms with Crippen molar-refractivity contribution >= 4 is 21.6 Å². The van der Waals surface area contributed by atoms with Crippen molar-refractivity contribution in [3.8, 4) is 0 Å². The van der Waals surface area contributed by atoms with Crippen LogP contribution in [0.25, 0.3) is 10.2 Å². The van der Waals surface area contributed by atoms with Gasteiger partial charge < -0.3 is 4.74 Å². The fourth-order valence-electron chi connectivity index (χ4n) is 1.29. The zero-order chi connectivity index (χ0) is 9.80. The predicted octanol–water partition coefficient (Wildman–Crippen LogP) is 3.22. The van der Waals surface area contributed by atoms with Gasteiger partial charge in [0.05, 0.1) is 16.8 Å². The Labute approximate surface area is 87.5 Å². The zero-order valence-electron chi connectivity index (χ0n) is 8.19. The average Bonchev–Trinajstić information content (AvgIpc) is 2.60. The van der Waals surface area contributed by atoms with E-state index in [2.05, 4.69) is 18.0 Å². The summed E-state index contributed by atoms with van der Waals surface area (Å²) in [6, 6.07) is 8.18. The van der Waals surface area contributed by atoms with Crippen LogP contribution in [0.5, 0.6) is 0 Å². The van der Waals surface area contributed by atoms with E-state index in [1.165, 1.54) is 4.70 Å². The summed E-state index contributed by atoms with van der Waals surface area (Å²) >= 11 is 1.71. The minimum Gasteiger partial charge on any atom is -0.374 e. The zero-order valence-corrected chi connectivity index (χ0v) is 9.01. The number of benzene rings is 1. The van der Waals surface area contributed by atoms with Crippen LogP contribution < -0.4 is 0 Å². The normalized spacial score (nSPS) is 10.9. The van der Waals surface area contributed by atoms with Crippen molar-refractivity contribution in [2.45, 2.75) is 20.0 Å². The summed E-state index contributed by atoms with van der Waals surface area (Å²) in [7, 11) is 0. The standard InChI is InChI=1S/C11H13NOS/c1-2-7-13-8-11-12-9-5-3-4-6-10(9)14-11/h3-6H,2,7-8H2,1H3. The lowest BCUT2D eigenvalue weighted by Crippen LogP contribution is -1.92. The molecule has 1 heterocycles. The molecule has 74 valence electrons. The lowest BCUT2D eigenvalue weighted by molar-refractivity contribution is 0.121. The van der Waals surface area contributed by atoms with Gasteiger partial charge in [-0.15, -0.1) is 11.3 Å². The van der Waals surface area contributed by atoms with Crippen LogP contribution in [-0.2, 0) is 11.3 Å². The Balaban J connectivity index is 2.11. The van der Waals surface area contributed by atoms with E-state index in [9.17, 15) is 0 Å². The van der Waals surface area contributed by atoms with E-state index in [-0.39, 0.29) is 0 Å². The van der Waals surface area contributed by atoms with Crippen LogP contribution in [0, 0.1) is 0 Å². The highest BCUT2D eigenvalue weighted by Gasteiger charge is 2.01. The van der Waals surface area contributed by atoms with Gasteiger partial charge in [0.25, 0.3) is 0 Å². The van der Waals surface area contributed by atoms with Gasteiger partial charge in [-0.3, -0.25) is 0 Å². The third-order valence-electron chi connectivity index (χ3n) is 1.91. The summed E-state index contributed by atoms with van der Waals surface area (Å²) in [5.41, 5.74) is 1.08. The molecule has 1 aromatic carbocycles. The number of fused-ring (bicyclic) bond motifs is 1. The highest BCUT2D eigenvalue weighted by Crippen LogP contribution is 2.21. The first kappa shape index (κ1) is 9.62. The van der Waals surface area contributed by atoms with Crippen LogP contribution in [0.3, 0.4) is 0 Å². The summed E-state index contributed by atoms with van der Waals surface area (Å²) in [6.45, 7) is 3.57. The fraction of sp³-hybridized carbons (Fsp3) is 0.364. The quantitative estimate of drug-likeness (QED) is 0.718. The van der Waals surface area contributed by atoms with E-state index in [0.29, 0.717) is 6.61 Å². The SMILES string of the molecule is CCCOCc1nc2ccccc2s1. The van der Waals surface area contributed by atoms with Gasteiger partial charge in [-0.2, -0.15) is 0 Å². The van der Waals surface area contributed by atoms with Crippen molar-refractivity contribution in [3.63, 3.8) is 0 Å². The molecule has 0 aliphatic heterocycles. The number of aromatic nitrogens is 1. The van der Waals surface area contributed by atoms with Crippen molar-refractivity contribution in [1.29, 1.82) is 0 Å². The van der Waals surface area contributed by atoms with Gasteiger partial charge in [-0.25, -0.2) is 4.98 Å². The summed E-state index contributed by atoms with van der Waals surface area (Å²) in [4.78, 5) is 4.48. The molecular formula is C11H13NOS. The van der Waals surface area contributed by atoms with E-state index in [1.54, 1.807) is 11.3 Å². The van der Waals surface area contributed by atoms with Crippen LogP contribution in [0.4, 0.5) is 0 Å². The van der Waals surface area contributed by atoms with Gasteiger partial charge >= 0.3 is 0 Å². The Morgan fingerprint density at radius 3 is 3.00 bits per heavy atom. The summed E-state index contributed by atoms with van der Waals surface area (Å²) in [6.07, 6.45) is 1.06. The first-order valence-corrected chi connectivity index (χ1v) is 5.64. The Bertz CT molecular complexity index is 377. The highest BCUT2D eigenvalue weighted by atomic mass is 32.1.